The maximum absolute atomic E-state index is 6.21. The average molecular weight is 269 g/mol. The SMILES string of the molecule is CNc1sc(-c2ccc(OC)cc2Cl)nc1C. The molecule has 2 aromatic rings. The van der Waals surface area contributed by atoms with Gasteiger partial charge < -0.3 is 10.1 Å². The smallest absolute Gasteiger partial charge is 0.127 e. The number of benzene rings is 1. The van der Waals surface area contributed by atoms with Crippen molar-refractivity contribution >= 4 is 27.9 Å². The molecule has 1 aromatic carbocycles. The summed E-state index contributed by atoms with van der Waals surface area (Å²) in [6, 6.07) is 5.61. The number of halogens is 1. The number of nitrogens with zero attached hydrogens (tertiary/aromatic N) is 1. The maximum Gasteiger partial charge on any atom is 0.127 e. The largest absolute Gasteiger partial charge is 0.497 e. The monoisotopic (exact) mass is 268 g/mol. The summed E-state index contributed by atoms with van der Waals surface area (Å²) in [6.45, 7) is 1.98. The third kappa shape index (κ3) is 2.37. The molecular formula is C12H13ClN2OS. The molecule has 0 bridgehead atoms. The van der Waals surface area contributed by atoms with E-state index in [4.69, 9.17) is 16.3 Å². The van der Waals surface area contributed by atoms with E-state index >= 15 is 0 Å². The van der Waals surface area contributed by atoms with Crippen molar-refractivity contribution in [3.05, 3.63) is 28.9 Å². The third-order valence-electron chi connectivity index (χ3n) is 2.43. The van der Waals surface area contributed by atoms with E-state index in [1.54, 1.807) is 24.5 Å². The van der Waals surface area contributed by atoms with Crippen LogP contribution in [0.2, 0.25) is 5.02 Å². The van der Waals surface area contributed by atoms with Crippen LogP contribution in [0.1, 0.15) is 5.69 Å². The molecule has 17 heavy (non-hydrogen) atoms. The molecule has 0 atom stereocenters. The van der Waals surface area contributed by atoms with Crippen molar-refractivity contribution in [2.75, 3.05) is 19.5 Å². The van der Waals surface area contributed by atoms with Crippen molar-refractivity contribution in [1.29, 1.82) is 0 Å². The lowest BCUT2D eigenvalue weighted by molar-refractivity contribution is 0.415. The van der Waals surface area contributed by atoms with E-state index in [9.17, 15) is 0 Å². The van der Waals surface area contributed by atoms with Crippen LogP contribution in [0, 0.1) is 6.92 Å². The van der Waals surface area contributed by atoms with E-state index in [0.717, 1.165) is 27.0 Å². The standard InChI is InChI=1S/C12H13ClN2OS/c1-7-11(14-2)17-12(15-7)9-5-4-8(16-3)6-10(9)13/h4-6,14H,1-3H3. The molecule has 5 heteroatoms. The quantitative estimate of drug-likeness (QED) is 0.919. The zero-order chi connectivity index (χ0) is 12.4. The van der Waals surface area contributed by atoms with Gasteiger partial charge in [-0.05, 0) is 25.1 Å². The highest BCUT2D eigenvalue weighted by atomic mass is 35.5. The van der Waals surface area contributed by atoms with Gasteiger partial charge in [0.1, 0.15) is 15.8 Å². The fraction of sp³-hybridized carbons (Fsp3) is 0.250. The highest BCUT2D eigenvalue weighted by Gasteiger charge is 2.11. The Labute approximate surface area is 109 Å². The van der Waals surface area contributed by atoms with Crippen LogP contribution >= 0.6 is 22.9 Å². The van der Waals surface area contributed by atoms with Crippen LogP contribution in [-0.2, 0) is 0 Å². The van der Waals surface area contributed by atoms with Crippen molar-refractivity contribution in [3.63, 3.8) is 0 Å². The Morgan fingerprint density at radius 1 is 1.41 bits per heavy atom. The Bertz CT molecular complexity index is 539. The molecule has 0 unspecified atom stereocenters. The van der Waals surface area contributed by atoms with Gasteiger partial charge in [-0.3, -0.25) is 0 Å². The summed E-state index contributed by atoms with van der Waals surface area (Å²) in [5.74, 6) is 0.751. The van der Waals surface area contributed by atoms with E-state index in [1.165, 1.54) is 0 Å². The van der Waals surface area contributed by atoms with Crippen molar-refractivity contribution < 1.29 is 4.74 Å². The summed E-state index contributed by atoms with van der Waals surface area (Å²) in [6.07, 6.45) is 0. The molecule has 0 aliphatic heterocycles. The summed E-state index contributed by atoms with van der Waals surface area (Å²) in [4.78, 5) is 4.50. The van der Waals surface area contributed by atoms with E-state index in [1.807, 2.05) is 26.1 Å². The minimum atomic E-state index is 0.653. The molecule has 90 valence electrons. The number of aryl methyl sites for hydroxylation is 1. The molecule has 0 radical (unpaired) electrons. The molecule has 0 saturated heterocycles. The lowest BCUT2D eigenvalue weighted by Crippen LogP contribution is -1.85. The number of ether oxygens (including phenoxy) is 1. The molecule has 0 spiro atoms. The Morgan fingerprint density at radius 2 is 2.18 bits per heavy atom. The number of methoxy groups -OCH3 is 1. The molecule has 1 N–H and O–H groups in total. The average Bonchev–Trinajstić information content (AvgIpc) is 2.70. The van der Waals surface area contributed by atoms with E-state index in [0.29, 0.717) is 5.02 Å². The van der Waals surface area contributed by atoms with Gasteiger partial charge in [-0.15, -0.1) is 0 Å². The first kappa shape index (κ1) is 12.2. The number of nitrogens with one attached hydrogen (secondary N) is 1. The van der Waals surface area contributed by atoms with E-state index in [-0.39, 0.29) is 0 Å². The number of hydrogen-bond acceptors (Lipinski definition) is 4. The lowest BCUT2D eigenvalue weighted by Gasteiger charge is -2.03. The van der Waals surface area contributed by atoms with Gasteiger partial charge in [0.05, 0.1) is 17.8 Å². The third-order valence-corrected chi connectivity index (χ3v) is 3.95. The number of rotatable bonds is 3. The van der Waals surface area contributed by atoms with Crippen molar-refractivity contribution in [2.45, 2.75) is 6.92 Å². The first-order valence-electron chi connectivity index (χ1n) is 5.14. The zero-order valence-electron chi connectivity index (χ0n) is 9.87. The van der Waals surface area contributed by atoms with Crippen LogP contribution in [0.4, 0.5) is 5.00 Å². The summed E-state index contributed by atoms with van der Waals surface area (Å²) >= 11 is 7.81. The van der Waals surface area contributed by atoms with E-state index in [2.05, 4.69) is 10.3 Å². The Kier molecular flexibility index (Phi) is 3.54. The summed E-state index contributed by atoms with van der Waals surface area (Å²) in [7, 11) is 3.51. The fourth-order valence-electron chi connectivity index (χ4n) is 1.54. The zero-order valence-corrected chi connectivity index (χ0v) is 11.4. The lowest BCUT2D eigenvalue weighted by atomic mass is 10.2. The Balaban J connectivity index is 2.45. The molecule has 1 aromatic heterocycles. The number of aromatic nitrogens is 1. The first-order chi connectivity index (χ1) is 8.15. The number of anilines is 1. The van der Waals surface area contributed by atoms with Gasteiger partial charge in [-0.1, -0.05) is 22.9 Å². The van der Waals surface area contributed by atoms with Crippen molar-refractivity contribution in [3.8, 4) is 16.3 Å². The predicted molar refractivity (Wildman–Crippen MR) is 73.4 cm³/mol. The Hall–Kier alpha value is -1.26. The van der Waals surface area contributed by atoms with Gasteiger partial charge in [0.2, 0.25) is 0 Å². The second kappa shape index (κ2) is 4.94. The van der Waals surface area contributed by atoms with Gasteiger partial charge in [-0.2, -0.15) is 0 Å². The van der Waals surface area contributed by atoms with Gasteiger partial charge in [0, 0.05) is 12.6 Å². The minimum absolute atomic E-state index is 0.653. The van der Waals surface area contributed by atoms with Crippen LogP contribution in [-0.4, -0.2) is 19.1 Å². The predicted octanol–water partition coefficient (Wildman–Crippen LogP) is 3.82. The first-order valence-corrected chi connectivity index (χ1v) is 6.34. The van der Waals surface area contributed by atoms with Crippen LogP contribution in [0.25, 0.3) is 10.6 Å². The number of hydrogen-bond donors (Lipinski definition) is 1. The van der Waals surface area contributed by atoms with E-state index < -0.39 is 0 Å². The molecule has 0 aliphatic carbocycles. The minimum Gasteiger partial charge on any atom is -0.497 e. The molecular weight excluding hydrogens is 256 g/mol. The molecule has 0 fully saturated rings. The molecule has 0 amide bonds. The van der Waals surface area contributed by atoms with Crippen molar-refractivity contribution in [1.82, 2.24) is 4.98 Å². The second-order valence-electron chi connectivity index (χ2n) is 3.53. The second-order valence-corrected chi connectivity index (χ2v) is 4.94. The van der Waals surface area contributed by atoms with Gasteiger partial charge in [0.15, 0.2) is 0 Å². The Morgan fingerprint density at radius 3 is 2.71 bits per heavy atom. The van der Waals surface area contributed by atoms with Crippen LogP contribution < -0.4 is 10.1 Å². The van der Waals surface area contributed by atoms with Crippen LogP contribution in [0.3, 0.4) is 0 Å². The van der Waals surface area contributed by atoms with Crippen molar-refractivity contribution in [2.24, 2.45) is 0 Å². The molecule has 0 aliphatic rings. The van der Waals surface area contributed by atoms with Crippen LogP contribution in [0.5, 0.6) is 5.75 Å². The normalized spacial score (nSPS) is 10.4. The highest BCUT2D eigenvalue weighted by Crippen LogP contribution is 2.36. The maximum atomic E-state index is 6.21. The molecule has 2 rings (SSSR count). The summed E-state index contributed by atoms with van der Waals surface area (Å²) in [5.41, 5.74) is 1.92. The molecule has 3 nitrogen and oxygen atoms in total. The fourth-order valence-corrected chi connectivity index (χ4v) is 2.82. The summed E-state index contributed by atoms with van der Waals surface area (Å²) < 4.78 is 5.12. The topological polar surface area (TPSA) is 34.1 Å². The molecule has 0 saturated carbocycles. The highest BCUT2D eigenvalue weighted by molar-refractivity contribution is 7.19. The van der Waals surface area contributed by atoms with Gasteiger partial charge in [0.25, 0.3) is 0 Å². The summed E-state index contributed by atoms with van der Waals surface area (Å²) in [5, 5.41) is 5.75. The van der Waals surface area contributed by atoms with Gasteiger partial charge in [-0.25, -0.2) is 4.98 Å². The van der Waals surface area contributed by atoms with Crippen LogP contribution in [0.15, 0.2) is 18.2 Å². The molecule has 1 heterocycles. The van der Waals surface area contributed by atoms with Gasteiger partial charge >= 0.3 is 0 Å². The number of thiazole rings is 1.